The van der Waals surface area contributed by atoms with Gasteiger partial charge in [-0.3, -0.25) is 4.79 Å². The van der Waals surface area contributed by atoms with Crippen LogP contribution >= 0.6 is 0 Å². The van der Waals surface area contributed by atoms with Crippen molar-refractivity contribution in [3.8, 4) is 0 Å². The van der Waals surface area contributed by atoms with Crippen molar-refractivity contribution < 1.29 is 4.79 Å². The molecular weight excluding hydrogens is 262 g/mol. The number of hydrogen-bond donors (Lipinski definition) is 2. The fourth-order valence-electron chi connectivity index (χ4n) is 5.43. The van der Waals surface area contributed by atoms with E-state index in [0.29, 0.717) is 42.5 Å². The second-order valence-electron chi connectivity index (χ2n) is 7.54. The van der Waals surface area contributed by atoms with Gasteiger partial charge in [-0.2, -0.15) is 0 Å². The maximum atomic E-state index is 12.8. The molecule has 2 N–H and O–H groups in total. The molecular formula is C17H29N3O. The molecule has 2 saturated heterocycles. The van der Waals surface area contributed by atoms with Crippen LogP contribution < -0.4 is 10.6 Å². The quantitative estimate of drug-likeness (QED) is 0.772. The molecule has 2 aliphatic carbocycles. The van der Waals surface area contributed by atoms with Gasteiger partial charge in [-0.1, -0.05) is 32.1 Å². The lowest BCUT2D eigenvalue weighted by molar-refractivity contribution is -0.136. The highest BCUT2D eigenvalue weighted by molar-refractivity contribution is 5.79. The first-order chi connectivity index (χ1) is 10.3. The molecule has 0 bridgehead atoms. The van der Waals surface area contributed by atoms with E-state index in [9.17, 15) is 4.79 Å². The molecule has 1 amide bonds. The highest BCUT2D eigenvalue weighted by Gasteiger charge is 2.50. The number of nitrogens with zero attached hydrogens (tertiary/aromatic N) is 1. The van der Waals surface area contributed by atoms with E-state index < -0.39 is 0 Å². The van der Waals surface area contributed by atoms with Crippen molar-refractivity contribution >= 4 is 5.91 Å². The summed E-state index contributed by atoms with van der Waals surface area (Å²) in [4.78, 5) is 15.1. The Morgan fingerprint density at radius 2 is 1.67 bits per heavy atom. The maximum absolute atomic E-state index is 12.8. The maximum Gasteiger partial charge on any atom is 0.237 e. The van der Waals surface area contributed by atoms with Gasteiger partial charge in [-0.15, -0.1) is 0 Å². The second-order valence-corrected chi connectivity index (χ2v) is 7.54. The summed E-state index contributed by atoms with van der Waals surface area (Å²) in [6.07, 6.45) is 11.8. The van der Waals surface area contributed by atoms with E-state index in [2.05, 4.69) is 15.5 Å². The van der Waals surface area contributed by atoms with Crippen LogP contribution in [0.4, 0.5) is 0 Å². The Morgan fingerprint density at radius 1 is 0.905 bits per heavy atom. The van der Waals surface area contributed by atoms with Crippen LogP contribution in [0.3, 0.4) is 0 Å². The molecule has 4 aliphatic rings. The largest absolute Gasteiger partial charge is 0.334 e. The van der Waals surface area contributed by atoms with Crippen molar-refractivity contribution in [2.24, 2.45) is 5.92 Å². The molecule has 4 unspecified atom stereocenters. The zero-order valence-corrected chi connectivity index (χ0v) is 13.0. The predicted molar refractivity (Wildman–Crippen MR) is 83.0 cm³/mol. The molecule has 2 aliphatic heterocycles. The minimum absolute atomic E-state index is 0.363. The lowest BCUT2D eigenvalue weighted by Crippen LogP contribution is -2.54. The zero-order valence-electron chi connectivity index (χ0n) is 13.0. The molecule has 0 aromatic carbocycles. The third kappa shape index (κ3) is 2.50. The Kier molecular flexibility index (Phi) is 3.92. The smallest absolute Gasteiger partial charge is 0.237 e. The number of rotatable bonds is 1. The summed E-state index contributed by atoms with van der Waals surface area (Å²) in [7, 11) is 0. The van der Waals surface area contributed by atoms with Crippen LogP contribution in [0.1, 0.15) is 57.8 Å². The van der Waals surface area contributed by atoms with E-state index in [-0.39, 0.29) is 0 Å². The molecule has 4 heteroatoms. The third-order valence-electron chi connectivity index (χ3n) is 6.32. The van der Waals surface area contributed by atoms with Gasteiger partial charge in [0.05, 0.1) is 12.6 Å². The Balaban J connectivity index is 1.62. The highest BCUT2D eigenvalue weighted by atomic mass is 16.2. The lowest BCUT2D eigenvalue weighted by Gasteiger charge is -2.42. The fraction of sp³-hybridized carbons (Fsp3) is 0.941. The average Bonchev–Trinajstić information content (AvgIpc) is 2.79. The second kappa shape index (κ2) is 5.88. The van der Waals surface area contributed by atoms with E-state index in [1.165, 1.54) is 57.8 Å². The van der Waals surface area contributed by atoms with Crippen LogP contribution in [0.15, 0.2) is 0 Å². The van der Waals surface area contributed by atoms with Gasteiger partial charge in [-0.25, -0.2) is 0 Å². The van der Waals surface area contributed by atoms with Gasteiger partial charge in [0.25, 0.3) is 0 Å². The summed E-state index contributed by atoms with van der Waals surface area (Å²) in [5.41, 5.74) is 0. The lowest BCUT2D eigenvalue weighted by atomic mass is 9.80. The topological polar surface area (TPSA) is 44.4 Å². The number of nitrogens with one attached hydrogen (secondary N) is 2. The Morgan fingerprint density at radius 3 is 2.52 bits per heavy atom. The van der Waals surface area contributed by atoms with Gasteiger partial charge < -0.3 is 15.5 Å². The monoisotopic (exact) mass is 291 g/mol. The van der Waals surface area contributed by atoms with E-state index in [1.54, 1.807) is 0 Å². The normalized spacial score (nSPS) is 41.5. The molecule has 0 radical (unpaired) electrons. The molecule has 4 nitrogen and oxygen atoms in total. The minimum Gasteiger partial charge on any atom is -0.334 e. The van der Waals surface area contributed by atoms with Crippen LogP contribution in [0, 0.1) is 5.92 Å². The molecule has 4 rings (SSSR count). The summed E-state index contributed by atoms with van der Waals surface area (Å²) in [5, 5.41) is 7.26. The van der Waals surface area contributed by atoms with Crippen LogP contribution in [0.2, 0.25) is 0 Å². The average molecular weight is 291 g/mol. The van der Waals surface area contributed by atoms with Crippen LogP contribution in [-0.4, -0.2) is 48.1 Å². The molecule has 2 heterocycles. The molecule has 0 aromatic heterocycles. The van der Waals surface area contributed by atoms with Crippen molar-refractivity contribution in [1.29, 1.82) is 0 Å². The number of fused-ring (bicyclic) bond motifs is 3. The molecule has 0 spiro atoms. The molecule has 4 atom stereocenters. The molecule has 118 valence electrons. The van der Waals surface area contributed by atoms with Crippen molar-refractivity contribution in [2.75, 3.05) is 13.1 Å². The van der Waals surface area contributed by atoms with Crippen LogP contribution in [-0.2, 0) is 4.79 Å². The number of carbonyl (C=O) groups is 1. The van der Waals surface area contributed by atoms with Crippen LogP contribution in [0.5, 0.6) is 0 Å². The molecule has 21 heavy (non-hydrogen) atoms. The van der Waals surface area contributed by atoms with Crippen molar-refractivity contribution in [2.45, 2.75) is 82.0 Å². The summed E-state index contributed by atoms with van der Waals surface area (Å²) in [5.74, 6) is 1.07. The van der Waals surface area contributed by atoms with Gasteiger partial charge in [0.2, 0.25) is 5.91 Å². The Labute approximate surface area is 128 Å². The van der Waals surface area contributed by atoms with E-state index >= 15 is 0 Å². The predicted octanol–water partition coefficient (Wildman–Crippen LogP) is 1.65. The first-order valence-corrected chi connectivity index (χ1v) is 9.12. The van der Waals surface area contributed by atoms with Crippen molar-refractivity contribution in [3.63, 3.8) is 0 Å². The first-order valence-electron chi connectivity index (χ1n) is 9.12. The van der Waals surface area contributed by atoms with Crippen molar-refractivity contribution in [3.05, 3.63) is 0 Å². The SMILES string of the molecule is O=C1CNCC2NC3CCCCC3C2N1C1CCCCC1. The number of amides is 1. The fourth-order valence-corrected chi connectivity index (χ4v) is 5.43. The summed E-state index contributed by atoms with van der Waals surface area (Å²) >= 11 is 0. The zero-order chi connectivity index (χ0) is 14.2. The number of carbonyl (C=O) groups excluding carboxylic acids is 1. The van der Waals surface area contributed by atoms with Gasteiger partial charge in [0.1, 0.15) is 0 Å². The molecule has 0 aromatic rings. The summed E-state index contributed by atoms with van der Waals surface area (Å²) < 4.78 is 0. The Bertz CT molecular complexity index is 393. The van der Waals surface area contributed by atoms with Gasteiger partial charge in [0, 0.05) is 24.7 Å². The standard InChI is InChI=1S/C17H29N3O/c21-16-11-18-10-15-17(13-8-4-5-9-14(13)19-15)20(16)12-6-2-1-3-7-12/h12-15,17-19H,1-11H2. The van der Waals surface area contributed by atoms with E-state index in [1.807, 2.05) is 0 Å². The van der Waals surface area contributed by atoms with E-state index in [4.69, 9.17) is 0 Å². The van der Waals surface area contributed by atoms with Gasteiger partial charge >= 0.3 is 0 Å². The van der Waals surface area contributed by atoms with Gasteiger partial charge in [-0.05, 0) is 31.6 Å². The molecule has 4 fully saturated rings. The molecule has 2 saturated carbocycles. The minimum atomic E-state index is 0.363. The summed E-state index contributed by atoms with van der Waals surface area (Å²) in [6, 6.07) is 2.11. The highest BCUT2D eigenvalue weighted by Crippen LogP contribution is 2.39. The van der Waals surface area contributed by atoms with Crippen molar-refractivity contribution in [1.82, 2.24) is 15.5 Å². The first kappa shape index (κ1) is 14.0. The number of hydrogen-bond acceptors (Lipinski definition) is 3. The summed E-state index contributed by atoms with van der Waals surface area (Å²) in [6.45, 7) is 1.51. The van der Waals surface area contributed by atoms with Crippen LogP contribution in [0.25, 0.3) is 0 Å². The van der Waals surface area contributed by atoms with E-state index in [0.717, 1.165) is 6.54 Å². The third-order valence-corrected chi connectivity index (χ3v) is 6.32. The Hall–Kier alpha value is -0.610. The van der Waals surface area contributed by atoms with Gasteiger partial charge in [0.15, 0.2) is 0 Å².